The molecule has 1 aromatic carbocycles. The normalized spacial score (nSPS) is 11.0. The minimum Gasteiger partial charge on any atom is -0.433 e. The van der Waals surface area contributed by atoms with E-state index in [1.165, 1.54) is 25.7 Å². The van der Waals surface area contributed by atoms with E-state index in [0.29, 0.717) is 5.56 Å². The van der Waals surface area contributed by atoms with E-state index in [0.717, 1.165) is 0 Å². The maximum absolute atomic E-state index is 13.3. The number of nitrogens with zero attached hydrogens (tertiary/aromatic N) is 1. The Morgan fingerprint density at radius 3 is 2.82 bits per heavy atom. The molecule has 0 fully saturated rings. The second-order valence-corrected chi connectivity index (χ2v) is 4.60. The van der Waals surface area contributed by atoms with Gasteiger partial charge >= 0.3 is 7.48 Å². The van der Waals surface area contributed by atoms with E-state index in [1.54, 1.807) is 0 Å². The molecule has 0 unspecified atom stereocenters. The first-order valence-electron chi connectivity index (χ1n) is 5.24. The number of hydrogen-bond acceptors (Lipinski definition) is 3. The Bertz CT molecular complexity index is 429. The average Bonchev–Trinajstić information content (AvgIpc) is 2.31. The Morgan fingerprint density at radius 2 is 2.24 bits per heavy atom. The summed E-state index contributed by atoms with van der Waals surface area (Å²) in [6.07, 6.45) is 0. The van der Waals surface area contributed by atoms with Crippen molar-refractivity contribution in [1.82, 2.24) is 0 Å². The van der Waals surface area contributed by atoms with Crippen LogP contribution in [0, 0.1) is 22.6 Å². The van der Waals surface area contributed by atoms with Crippen LogP contribution >= 0.6 is 0 Å². The topological polar surface area (TPSA) is 53.2 Å². The van der Waals surface area contributed by atoms with E-state index < -0.39 is 5.82 Å². The molecule has 0 aliphatic rings. The molecule has 1 radical (unpaired) electrons. The first-order valence-corrected chi connectivity index (χ1v) is 5.24. The smallest absolute Gasteiger partial charge is 0.333 e. The SMILES string of the molecule is CC(C)(CO)CO[B]c1cc(C#N)ccc1F. The van der Waals surface area contributed by atoms with Crippen molar-refractivity contribution in [3.63, 3.8) is 0 Å². The predicted molar refractivity (Wildman–Crippen MR) is 63.3 cm³/mol. The first-order chi connectivity index (χ1) is 7.98. The second kappa shape index (κ2) is 5.81. The highest BCUT2D eigenvalue weighted by Gasteiger charge is 2.17. The van der Waals surface area contributed by atoms with Crippen molar-refractivity contribution < 1.29 is 14.2 Å². The Hall–Kier alpha value is -1.38. The van der Waals surface area contributed by atoms with Gasteiger partial charge in [-0.3, -0.25) is 0 Å². The summed E-state index contributed by atoms with van der Waals surface area (Å²) in [6, 6.07) is 5.98. The fourth-order valence-corrected chi connectivity index (χ4v) is 1.11. The third kappa shape index (κ3) is 4.18. The second-order valence-electron chi connectivity index (χ2n) is 4.60. The minimum atomic E-state index is -0.439. The molecule has 1 N–H and O–H groups in total. The van der Waals surface area contributed by atoms with E-state index in [1.807, 2.05) is 19.9 Å². The largest absolute Gasteiger partial charge is 0.433 e. The van der Waals surface area contributed by atoms with Crippen LogP contribution in [-0.2, 0) is 4.65 Å². The van der Waals surface area contributed by atoms with Crippen LogP contribution in [0.2, 0.25) is 0 Å². The van der Waals surface area contributed by atoms with E-state index in [4.69, 9.17) is 15.0 Å². The van der Waals surface area contributed by atoms with Gasteiger partial charge in [-0.25, -0.2) is 4.39 Å². The molecule has 89 valence electrons. The monoisotopic (exact) mass is 234 g/mol. The zero-order valence-electron chi connectivity index (χ0n) is 9.90. The molecule has 0 aliphatic carbocycles. The Labute approximate surface area is 101 Å². The maximum Gasteiger partial charge on any atom is 0.333 e. The average molecular weight is 234 g/mol. The third-order valence-corrected chi connectivity index (χ3v) is 2.24. The molecule has 1 rings (SSSR count). The molecule has 0 amide bonds. The summed E-state index contributed by atoms with van der Waals surface area (Å²) in [7, 11) is 1.27. The number of aliphatic hydroxyl groups is 1. The van der Waals surface area contributed by atoms with Crippen LogP contribution < -0.4 is 5.46 Å². The quantitative estimate of drug-likeness (QED) is 0.772. The summed E-state index contributed by atoms with van der Waals surface area (Å²) in [4.78, 5) is 0. The molecule has 0 spiro atoms. The molecule has 5 heteroatoms. The Morgan fingerprint density at radius 1 is 1.53 bits per heavy atom. The van der Waals surface area contributed by atoms with E-state index in [-0.39, 0.29) is 24.1 Å². The molecule has 0 aromatic heterocycles. The lowest BCUT2D eigenvalue weighted by Gasteiger charge is -2.21. The van der Waals surface area contributed by atoms with Crippen molar-refractivity contribution in [2.45, 2.75) is 13.8 Å². The highest BCUT2D eigenvalue weighted by molar-refractivity contribution is 6.47. The number of hydrogen-bond donors (Lipinski definition) is 1. The third-order valence-electron chi connectivity index (χ3n) is 2.24. The van der Waals surface area contributed by atoms with Crippen molar-refractivity contribution in [2.75, 3.05) is 13.2 Å². The van der Waals surface area contributed by atoms with Crippen LogP contribution in [0.3, 0.4) is 0 Å². The van der Waals surface area contributed by atoms with E-state index in [2.05, 4.69) is 0 Å². The van der Waals surface area contributed by atoms with Crippen molar-refractivity contribution in [2.24, 2.45) is 5.41 Å². The van der Waals surface area contributed by atoms with Crippen LogP contribution in [0.5, 0.6) is 0 Å². The number of rotatable bonds is 5. The van der Waals surface area contributed by atoms with Crippen molar-refractivity contribution in [3.8, 4) is 6.07 Å². The van der Waals surface area contributed by atoms with Gasteiger partial charge in [-0.15, -0.1) is 0 Å². The summed E-state index contributed by atoms with van der Waals surface area (Å²) in [6.45, 7) is 3.94. The number of benzene rings is 1. The predicted octanol–water partition coefficient (Wildman–Crippen LogP) is 0.977. The summed E-state index contributed by atoms with van der Waals surface area (Å²) >= 11 is 0. The Balaban J connectivity index is 2.61. The van der Waals surface area contributed by atoms with Gasteiger partial charge in [0.15, 0.2) is 0 Å². The molecule has 0 heterocycles. The molecule has 0 bridgehead atoms. The van der Waals surface area contributed by atoms with E-state index in [9.17, 15) is 4.39 Å². The molecule has 0 atom stereocenters. The molecular formula is C12H14BFNO2. The van der Waals surface area contributed by atoms with E-state index >= 15 is 0 Å². The van der Waals surface area contributed by atoms with Gasteiger partial charge in [0.25, 0.3) is 0 Å². The highest BCUT2D eigenvalue weighted by atomic mass is 19.1. The van der Waals surface area contributed by atoms with Crippen LogP contribution in [0.4, 0.5) is 4.39 Å². The fourth-order valence-electron chi connectivity index (χ4n) is 1.11. The fraction of sp³-hybridized carbons (Fsp3) is 0.417. The number of halogens is 1. The van der Waals surface area contributed by atoms with Gasteiger partial charge in [-0.05, 0) is 23.7 Å². The lowest BCUT2D eigenvalue weighted by Crippen LogP contribution is -2.29. The highest BCUT2D eigenvalue weighted by Crippen LogP contribution is 2.13. The van der Waals surface area contributed by atoms with Crippen LogP contribution in [0.25, 0.3) is 0 Å². The molecule has 0 saturated carbocycles. The van der Waals surface area contributed by atoms with Crippen LogP contribution in [0.1, 0.15) is 19.4 Å². The van der Waals surface area contributed by atoms with Gasteiger partial charge in [0, 0.05) is 12.0 Å². The molecule has 0 aliphatic heterocycles. The zero-order chi connectivity index (χ0) is 12.9. The molecule has 17 heavy (non-hydrogen) atoms. The molecule has 1 aromatic rings. The van der Waals surface area contributed by atoms with Gasteiger partial charge in [0.2, 0.25) is 0 Å². The standard InChI is InChI=1S/C12H14BFNO2/c1-12(2,7-16)8-17-13-10-5-9(6-15)3-4-11(10)14/h3-5,16H,7-8H2,1-2H3. The van der Waals surface area contributed by atoms with Crippen molar-refractivity contribution in [1.29, 1.82) is 5.26 Å². The van der Waals surface area contributed by atoms with Crippen LogP contribution in [-0.4, -0.2) is 25.8 Å². The lowest BCUT2D eigenvalue weighted by atomic mass is 9.85. The summed E-state index contributed by atoms with van der Waals surface area (Å²) in [5.74, 6) is -0.439. The number of nitriles is 1. The summed E-state index contributed by atoms with van der Waals surface area (Å²) in [5, 5.41) is 17.7. The van der Waals surface area contributed by atoms with Crippen LogP contribution in [0.15, 0.2) is 18.2 Å². The van der Waals surface area contributed by atoms with Gasteiger partial charge < -0.3 is 9.76 Å². The van der Waals surface area contributed by atoms with Crippen molar-refractivity contribution in [3.05, 3.63) is 29.6 Å². The number of aliphatic hydroxyl groups excluding tert-OH is 1. The Kier molecular flexibility index (Phi) is 4.67. The summed E-state index contributed by atoms with van der Waals surface area (Å²) < 4.78 is 18.6. The molecule has 0 saturated heterocycles. The lowest BCUT2D eigenvalue weighted by molar-refractivity contribution is 0.101. The minimum absolute atomic E-state index is 0.0123. The molecular weight excluding hydrogens is 220 g/mol. The maximum atomic E-state index is 13.3. The van der Waals surface area contributed by atoms with Gasteiger partial charge in [-0.2, -0.15) is 5.26 Å². The summed E-state index contributed by atoms with van der Waals surface area (Å²) in [5.41, 5.74) is 0.236. The van der Waals surface area contributed by atoms with Gasteiger partial charge in [-0.1, -0.05) is 13.8 Å². The van der Waals surface area contributed by atoms with Gasteiger partial charge in [0.05, 0.1) is 18.2 Å². The van der Waals surface area contributed by atoms with Gasteiger partial charge in [0.1, 0.15) is 5.82 Å². The van der Waals surface area contributed by atoms with Crippen molar-refractivity contribution >= 4 is 12.9 Å². The first kappa shape index (κ1) is 13.7. The zero-order valence-corrected chi connectivity index (χ0v) is 9.90. The molecule has 3 nitrogen and oxygen atoms in total.